The van der Waals surface area contributed by atoms with Crippen molar-refractivity contribution in [2.24, 2.45) is 5.10 Å². The van der Waals surface area contributed by atoms with Crippen LogP contribution in [0, 0.1) is 0 Å². The van der Waals surface area contributed by atoms with E-state index in [1.54, 1.807) is 0 Å². The fourth-order valence-corrected chi connectivity index (χ4v) is 3.90. The summed E-state index contributed by atoms with van der Waals surface area (Å²) in [7, 11) is 0. The summed E-state index contributed by atoms with van der Waals surface area (Å²) in [5.41, 5.74) is 2.99. The van der Waals surface area contributed by atoms with E-state index in [-0.39, 0.29) is 11.3 Å². The number of aromatic nitrogens is 3. The fourth-order valence-electron chi connectivity index (χ4n) is 3.15. The molecule has 0 saturated carbocycles. The van der Waals surface area contributed by atoms with Crippen LogP contribution >= 0.6 is 11.8 Å². The third-order valence-corrected chi connectivity index (χ3v) is 5.60. The number of benzene rings is 3. The zero-order valence-corrected chi connectivity index (χ0v) is 18.4. The second-order valence-corrected chi connectivity index (χ2v) is 7.95. The summed E-state index contributed by atoms with van der Waals surface area (Å²) in [4.78, 5) is 12.3. The van der Waals surface area contributed by atoms with Crippen molar-refractivity contribution in [3.05, 3.63) is 96.1 Å². The lowest BCUT2D eigenvalue weighted by Gasteiger charge is -2.10. The lowest BCUT2D eigenvalue weighted by Crippen LogP contribution is -2.20. The summed E-state index contributed by atoms with van der Waals surface area (Å²) < 4.78 is 41.1. The van der Waals surface area contributed by atoms with E-state index in [1.165, 1.54) is 18.2 Å². The van der Waals surface area contributed by atoms with E-state index in [2.05, 4.69) is 20.7 Å². The van der Waals surface area contributed by atoms with Crippen LogP contribution in [0.4, 0.5) is 13.2 Å². The van der Waals surface area contributed by atoms with Crippen molar-refractivity contribution < 1.29 is 18.0 Å². The SMILES string of the molecule is O=C(CSc1nnc(-c2ccccc2)n1-c1ccccc1)NN=Cc1ccccc1C(F)(F)F. The molecule has 3 aromatic carbocycles. The Morgan fingerprint density at radius 2 is 1.59 bits per heavy atom. The van der Waals surface area contributed by atoms with Gasteiger partial charge in [-0.25, -0.2) is 5.43 Å². The Hall–Kier alpha value is -3.92. The molecule has 4 rings (SSSR count). The van der Waals surface area contributed by atoms with Gasteiger partial charge in [-0.1, -0.05) is 78.5 Å². The van der Waals surface area contributed by atoms with Crippen molar-refractivity contribution in [2.75, 3.05) is 5.75 Å². The maximum atomic E-state index is 13.1. The molecular weight excluding hydrogens is 463 g/mol. The highest BCUT2D eigenvalue weighted by Crippen LogP contribution is 2.31. The van der Waals surface area contributed by atoms with Crippen molar-refractivity contribution in [2.45, 2.75) is 11.3 Å². The molecule has 1 aromatic heterocycles. The van der Waals surface area contributed by atoms with Crippen molar-refractivity contribution in [1.29, 1.82) is 0 Å². The monoisotopic (exact) mass is 481 g/mol. The highest BCUT2D eigenvalue weighted by Gasteiger charge is 2.32. The number of hydrazone groups is 1. The summed E-state index contributed by atoms with van der Waals surface area (Å²) in [5.74, 6) is 0.0731. The smallest absolute Gasteiger partial charge is 0.272 e. The summed E-state index contributed by atoms with van der Waals surface area (Å²) in [5, 5.41) is 12.7. The number of carbonyl (C=O) groups is 1. The zero-order valence-electron chi connectivity index (χ0n) is 17.6. The maximum absolute atomic E-state index is 13.1. The predicted molar refractivity (Wildman–Crippen MR) is 125 cm³/mol. The number of para-hydroxylation sites is 1. The lowest BCUT2D eigenvalue weighted by atomic mass is 10.1. The standard InChI is InChI=1S/C24H18F3N5OS/c25-24(26,27)20-14-8-7-11-18(20)15-28-29-21(33)16-34-23-31-30-22(17-9-3-1-4-10-17)32(23)19-12-5-2-6-13-19/h1-15H,16H2,(H,29,33). The lowest BCUT2D eigenvalue weighted by molar-refractivity contribution is -0.137. The molecule has 0 spiro atoms. The number of amides is 1. The molecule has 1 heterocycles. The van der Waals surface area contributed by atoms with Crippen LogP contribution in [0.15, 0.2) is 95.2 Å². The van der Waals surface area contributed by atoms with E-state index in [9.17, 15) is 18.0 Å². The number of nitrogens with one attached hydrogen (secondary N) is 1. The maximum Gasteiger partial charge on any atom is 0.417 e. The molecule has 10 heteroatoms. The Bertz CT molecular complexity index is 1290. The molecule has 0 aliphatic rings. The third kappa shape index (κ3) is 5.52. The number of hydrogen-bond donors (Lipinski definition) is 1. The average Bonchev–Trinajstić information content (AvgIpc) is 3.27. The van der Waals surface area contributed by atoms with Gasteiger partial charge < -0.3 is 0 Å². The van der Waals surface area contributed by atoms with Crippen LogP contribution in [0.3, 0.4) is 0 Å². The minimum absolute atomic E-state index is 0.0575. The first kappa shape index (κ1) is 23.2. The highest BCUT2D eigenvalue weighted by molar-refractivity contribution is 7.99. The average molecular weight is 482 g/mol. The van der Waals surface area contributed by atoms with Gasteiger partial charge in [-0.05, 0) is 18.2 Å². The number of rotatable bonds is 7. The second kappa shape index (κ2) is 10.3. The molecule has 1 amide bonds. The summed E-state index contributed by atoms with van der Waals surface area (Å²) >= 11 is 1.14. The van der Waals surface area contributed by atoms with Gasteiger partial charge in [0.05, 0.1) is 17.5 Å². The van der Waals surface area contributed by atoms with Gasteiger partial charge >= 0.3 is 6.18 Å². The Labute approximate surface area is 197 Å². The summed E-state index contributed by atoms with van der Waals surface area (Å²) in [6.45, 7) is 0. The van der Waals surface area contributed by atoms with Crippen molar-refractivity contribution >= 4 is 23.9 Å². The van der Waals surface area contributed by atoms with Gasteiger partial charge in [-0.15, -0.1) is 10.2 Å². The first-order chi connectivity index (χ1) is 16.4. The van der Waals surface area contributed by atoms with E-state index in [0.717, 1.165) is 35.3 Å². The Morgan fingerprint density at radius 1 is 0.941 bits per heavy atom. The van der Waals surface area contributed by atoms with Crippen LogP contribution in [0.2, 0.25) is 0 Å². The largest absolute Gasteiger partial charge is 0.417 e. The second-order valence-electron chi connectivity index (χ2n) is 7.01. The van der Waals surface area contributed by atoms with Gasteiger partial charge in [-0.2, -0.15) is 18.3 Å². The predicted octanol–water partition coefficient (Wildman–Crippen LogP) is 5.20. The first-order valence-corrected chi connectivity index (χ1v) is 11.1. The molecule has 1 N–H and O–H groups in total. The van der Waals surface area contributed by atoms with Crippen LogP contribution < -0.4 is 5.43 Å². The van der Waals surface area contributed by atoms with Crippen molar-refractivity contribution in [1.82, 2.24) is 20.2 Å². The highest BCUT2D eigenvalue weighted by atomic mass is 32.2. The van der Waals surface area contributed by atoms with Crippen LogP contribution in [-0.4, -0.2) is 32.6 Å². The van der Waals surface area contributed by atoms with E-state index in [4.69, 9.17) is 0 Å². The molecule has 0 unspecified atom stereocenters. The van der Waals surface area contributed by atoms with Crippen molar-refractivity contribution in [3.63, 3.8) is 0 Å². The number of carbonyl (C=O) groups excluding carboxylic acids is 1. The molecule has 0 fully saturated rings. The molecule has 0 saturated heterocycles. The third-order valence-electron chi connectivity index (χ3n) is 4.67. The van der Waals surface area contributed by atoms with Gasteiger partial charge in [0.15, 0.2) is 11.0 Å². The summed E-state index contributed by atoms with van der Waals surface area (Å²) in [6, 6.07) is 24.0. The molecule has 6 nitrogen and oxygen atoms in total. The van der Waals surface area contributed by atoms with Crippen molar-refractivity contribution in [3.8, 4) is 17.1 Å². The molecule has 172 valence electrons. The van der Waals surface area contributed by atoms with Crippen LogP contribution in [0.5, 0.6) is 0 Å². The van der Waals surface area contributed by atoms with Crippen LogP contribution in [0.25, 0.3) is 17.1 Å². The molecule has 0 atom stereocenters. The number of alkyl halides is 3. The quantitative estimate of drug-likeness (QED) is 0.224. The van der Waals surface area contributed by atoms with Crippen LogP contribution in [0.1, 0.15) is 11.1 Å². The summed E-state index contributed by atoms with van der Waals surface area (Å²) in [6.07, 6.45) is -3.54. The van der Waals surface area contributed by atoms with E-state index in [1.807, 2.05) is 65.2 Å². The molecule has 0 aliphatic heterocycles. The van der Waals surface area contributed by atoms with E-state index < -0.39 is 17.6 Å². The Morgan fingerprint density at radius 3 is 2.29 bits per heavy atom. The minimum Gasteiger partial charge on any atom is -0.272 e. The van der Waals surface area contributed by atoms with Crippen LogP contribution in [-0.2, 0) is 11.0 Å². The normalized spacial score (nSPS) is 11.6. The molecule has 0 bridgehead atoms. The molecular formula is C24H18F3N5OS. The van der Waals surface area contributed by atoms with E-state index >= 15 is 0 Å². The van der Waals surface area contributed by atoms with Gasteiger partial charge in [0.2, 0.25) is 0 Å². The number of nitrogens with zero attached hydrogens (tertiary/aromatic N) is 4. The topological polar surface area (TPSA) is 72.2 Å². The molecule has 4 aromatic rings. The van der Waals surface area contributed by atoms with Gasteiger partial charge in [0.1, 0.15) is 0 Å². The van der Waals surface area contributed by atoms with Gasteiger partial charge in [0.25, 0.3) is 5.91 Å². The Kier molecular flexibility index (Phi) is 7.07. The molecule has 0 aliphatic carbocycles. The van der Waals surface area contributed by atoms with E-state index in [0.29, 0.717) is 11.0 Å². The van der Waals surface area contributed by atoms with Gasteiger partial charge in [0, 0.05) is 16.8 Å². The number of hydrogen-bond acceptors (Lipinski definition) is 5. The fraction of sp³-hybridized carbons (Fsp3) is 0.0833. The Balaban J connectivity index is 1.48. The number of halogens is 3. The zero-order chi connectivity index (χ0) is 24.0. The van der Waals surface area contributed by atoms with Gasteiger partial charge in [-0.3, -0.25) is 9.36 Å². The number of thioether (sulfide) groups is 1. The molecule has 34 heavy (non-hydrogen) atoms. The first-order valence-electron chi connectivity index (χ1n) is 10.1. The minimum atomic E-state index is -4.51. The molecule has 0 radical (unpaired) electrons.